The summed E-state index contributed by atoms with van der Waals surface area (Å²) in [5, 5.41) is 17.9. The largest absolute Gasteiger partial charge is 0.396 e. The molecular weight excluding hydrogens is 178 g/mol. The van der Waals surface area contributed by atoms with Gasteiger partial charge in [-0.25, -0.2) is 0 Å². The van der Waals surface area contributed by atoms with Crippen LogP contribution in [0.2, 0.25) is 0 Å². The molecule has 0 amide bonds. The summed E-state index contributed by atoms with van der Waals surface area (Å²) in [6.45, 7) is 7.24. The molecule has 0 heterocycles. The van der Waals surface area contributed by atoms with Crippen molar-refractivity contribution < 1.29 is 10.2 Å². The molecule has 2 N–H and O–H groups in total. The Morgan fingerprint density at radius 1 is 1.14 bits per heavy atom. The SMILES string of the molecule is CCCCN(CCCO)CCC(C)O. The molecule has 0 spiro atoms. The van der Waals surface area contributed by atoms with E-state index in [4.69, 9.17) is 5.11 Å². The normalized spacial score (nSPS) is 13.5. The lowest BCUT2D eigenvalue weighted by molar-refractivity contribution is 0.150. The highest BCUT2D eigenvalue weighted by Crippen LogP contribution is 2.00. The third-order valence-corrected chi connectivity index (χ3v) is 2.32. The van der Waals surface area contributed by atoms with Crippen LogP contribution in [0.3, 0.4) is 0 Å². The van der Waals surface area contributed by atoms with E-state index >= 15 is 0 Å². The molecule has 86 valence electrons. The van der Waals surface area contributed by atoms with Crippen LogP contribution in [0.4, 0.5) is 0 Å². The molecule has 0 bridgehead atoms. The maximum Gasteiger partial charge on any atom is 0.0524 e. The lowest BCUT2D eigenvalue weighted by atomic mass is 10.2. The highest BCUT2D eigenvalue weighted by molar-refractivity contribution is 4.60. The fraction of sp³-hybridized carbons (Fsp3) is 1.00. The van der Waals surface area contributed by atoms with Gasteiger partial charge in [0.1, 0.15) is 0 Å². The minimum Gasteiger partial charge on any atom is -0.396 e. The van der Waals surface area contributed by atoms with Gasteiger partial charge < -0.3 is 15.1 Å². The average Bonchev–Trinajstić information content (AvgIpc) is 2.16. The van der Waals surface area contributed by atoms with Crippen molar-refractivity contribution >= 4 is 0 Å². The Hall–Kier alpha value is -0.120. The summed E-state index contributed by atoms with van der Waals surface area (Å²) in [5.74, 6) is 0. The summed E-state index contributed by atoms with van der Waals surface area (Å²) < 4.78 is 0. The first-order valence-corrected chi connectivity index (χ1v) is 5.72. The molecule has 0 rings (SSSR count). The molecule has 0 aliphatic carbocycles. The summed E-state index contributed by atoms with van der Waals surface area (Å²) in [7, 11) is 0. The summed E-state index contributed by atoms with van der Waals surface area (Å²) in [4.78, 5) is 2.33. The third kappa shape index (κ3) is 8.48. The minimum absolute atomic E-state index is 0.215. The summed E-state index contributed by atoms with van der Waals surface area (Å²) in [6, 6.07) is 0. The number of aliphatic hydroxyl groups excluding tert-OH is 2. The van der Waals surface area contributed by atoms with Gasteiger partial charge in [0.15, 0.2) is 0 Å². The molecule has 0 saturated carbocycles. The van der Waals surface area contributed by atoms with Gasteiger partial charge in [0.05, 0.1) is 6.10 Å². The Balaban J connectivity index is 3.60. The van der Waals surface area contributed by atoms with Crippen LogP contribution < -0.4 is 0 Å². The Morgan fingerprint density at radius 2 is 1.79 bits per heavy atom. The molecule has 3 heteroatoms. The summed E-state index contributed by atoms with van der Waals surface area (Å²) in [5.41, 5.74) is 0. The smallest absolute Gasteiger partial charge is 0.0524 e. The lowest BCUT2D eigenvalue weighted by Crippen LogP contribution is -2.29. The van der Waals surface area contributed by atoms with Crippen LogP contribution in [0.15, 0.2) is 0 Å². The first kappa shape index (κ1) is 13.9. The Labute approximate surface area is 87.7 Å². The third-order valence-electron chi connectivity index (χ3n) is 2.32. The number of hydrogen-bond acceptors (Lipinski definition) is 3. The monoisotopic (exact) mass is 203 g/mol. The lowest BCUT2D eigenvalue weighted by Gasteiger charge is -2.22. The average molecular weight is 203 g/mol. The number of rotatable bonds is 9. The fourth-order valence-electron chi connectivity index (χ4n) is 1.38. The molecular formula is C11H25NO2. The van der Waals surface area contributed by atoms with Crippen molar-refractivity contribution in [3.05, 3.63) is 0 Å². The first-order chi connectivity index (χ1) is 6.70. The second-order valence-corrected chi connectivity index (χ2v) is 3.91. The van der Waals surface area contributed by atoms with E-state index in [1.165, 1.54) is 12.8 Å². The van der Waals surface area contributed by atoms with E-state index in [0.29, 0.717) is 0 Å². The quantitative estimate of drug-likeness (QED) is 0.592. The van der Waals surface area contributed by atoms with Gasteiger partial charge in [-0.05, 0) is 32.7 Å². The van der Waals surface area contributed by atoms with Crippen molar-refractivity contribution in [1.29, 1.82) is 0 Å². The highest BCUT2D eigenvalue weighted by atomic mass is 16.3. The minimum atomic E-state index is -0.215. The van der Waals surface area contributed by atoms with Crippen LogP contribution >= 0.6 is 0 Å². The van der Waals surface area contributed by atoms with Gasteiger partial charge >= 0.3 is 0 Å². The van der Waals surface area contributed by atoms with Crippen LogP contribution in [-0.4, -0.2) is 47.5 Å². The van der Waals surface area contributed by atoms with Gasteiger partial charge in [0, 0.05) is 19.7 Å². The number of nitrogens with zero attached hydrogens (tertiary/aromatic N) is 1. The van der Waals surface area contributed by atoms with E-state index in [2.05, 4.69) is 11.8 Å². The second kappa shape index (κ2) is 9.44. The molecule has 1 atom stereocenters. The molecule has 3 nitrogen and oxygen atoms in total. The van der Waals surface area contributed by atoms with Gasteiger partial charge in [-0.1, -0.05) is 13.3 Å². The zero-order valence-corrected chi connectivity index (χ0v) is 9.58. The predicted molar refractivity (Wildman–Crippen MR) is 59.3 cm³/mol. The molecule has 1 unspecified atom stereocenters. The van der Waals surface area contributed by atoms with Crippen LogP contribution in [0.5, 0.6) is 0 Å². The Kier molecular flexibility index (Phi) is 9.35. The van der Waals surface area contributed by atoms with Crippen LogP contribution in [0.1, 0.15) is 39.5 Å². The maximum atomic E-state index is 9.18. The fourth-order valence-corrected chi connectivity index (χ4v) is 1.38. The summed E-state index contributed by atoms with van der Waals surface area (Å²) in [6.07, 6.45) is 3.85. The topological polar surface area (TPSA) is 43.7 Å². The summed E-state index contributed by atoms with van der Waals surface area (Å²) >= 11 is 0. The van der Waals surface area contributed by atoms with E-state index in [-0.39, 0.29) is 12.7 Å². The van der Waals surface area contributed by atoms with Gasteiger partial charge in [0.2, 0.25) is 0 Å². The second-order valence-electron chi connectivity index (χ2n) is 3.91. The van der Waals surface area contributed by atoms with Crippen LogP contribution in [-0.2, 0) is 0 Å². The molecule has 0 saturated heterocycles. The highest BCUT2D eigenvalue weighted by Gasteiger charge is 2.05. The van der Waals surface area contributed by atoms with Crippen molar-refractivity contribution in [3.8, 4) is 0 Å². The molecule has 0 aliphatic rings. The number of unbranched alkanes of at least 4 members (excludes halogenated alkanes) is 1. The van der Waals surface area contributed by atoms with Gasteiger partial charge in [-0.3, -0.25) is 0 Å². The molecule has 0 fully saturated rings. The van der Waals surface area contributed by atoms with E-state index in [1.54, 1.807) is 0 Å². The Bertz CT molecular complexity index is 110. The van der Waals surface area contributed by atoms with E-state index < -0.39 is 0 Å². The molecule has 0 radical (unpaired) electrons. The zero-order valence-electron chi connectivity index (χ0n) is 9.58. The standard InChI is InChI=1S/C11H25NO2/c1-3-4-7-12(8-5-10-13)9-6-11(2)14/h11,13-14H,3-10H2,1-2H3. The number of aliphatic hydroxyl groups is 2. The van der Waals surface area contributed by atoms with E-state index in [0.717, 1.165) is 32.5 Å². The van der Waals surface area contributed by atoms with Crippen molar-refractivity contribution in [2.45, 2.75) is 45.6 Å². The molecule has 0 aliphatic heterocycles. The van der Waals surface area contributed by atoms with Crippen molar-refractivity contribution in [3.63, 3.8) is 0 Å². The molecule has 14 heavy (non-hydrogen) atoms. The van der Waals surface area contributed by atoms with Crippen LogP contribution in [0, 0.1) is 0 Å². The predicted octanol–water partition coefficient (Wildman–Crippen LogP) is 1.24. The first-order valence-electron chi connectivity index (χ1n) is 5.72. The van der Waals surface area contributed by atoms with Gasteiger partial charge in [-0.15, -0.1) is 0 Å². The Morgan fingerprint density at radius 3 is 2.29 bits per heavy atom. The van der Waals surface area contributed by atoms with Crippen molar-refractivity contribution in [2.24, 2.45) is 0 Å². The molecule has 0 aromatic heterocycles. The maximum absolute atomic E-state index is 9.18. The van der Waals surface area contributed by atoms with E-state index in [1.807, 2.05) is 6.92 Å². The van der Waals surface area contributed by atoms with Crippen LogP contribution in [0.25, 0.3) is 0 Å². The number of hydrogen-bond donors (Lipinski definition) is 2. The molecule has 0 aromatic carbocycles. The van der Waals surface area contributed by atoms with E-state index in [9.17, 15) is 5.11 Å². The van der Waals surface area contributed by atoms with Gasteiger partial charge in [0.25, 0.3) is 0 Å². The zero-order chi connectivity index (χ0) is 10.8. The van der Waals surface area contributed by atoms with Gasteiger partial charge in [-0.2, -0.15) is 0 Å². The van der Waals surface area contributed by atoms with Crippen molar-refractivity contribution in [1.82, 2.24) is 4.90 Å². The van der Waals surface area contributed by atoms with Crippen molar-refractivity contribution in [2.75, 3.05) is 26.2 Å². The molecule has 0 aromatic rings.